The van der Waals surface area contributed by atoms with Crippen molar-refractivity contribution in [3.63, 3.8) is 0 Å². The van der Waals surface area contributed by atoms with Crippen molar-refractivity contribution in [1.82, 2.24) is 10.6 Å². The third-order valence-electron chi connectivity index (χ3n) is 3.05. The van der Waals surface area contributed by atoms with Crippen LogP contribution in [0, 0.1) is 5.82 Å². The van der Waals surface area contributed by atoms with Crippen molar-refractivity contribution >= 4 is 11.8 Å². The number of hydrogen-bond donors (Lipinski definition) is 2. The molecule has 108 valence electrons. The molecule has 1 aromatic rings. The first kappa shape index (κ1) is 14.5. The van der Waals surface area contributed by atoms with E-state index < -0.39 is 11.7 Å². The van der Waals surface area contributed by atoms with Gasteiger partial charge in [-0.15, -0.1) is 0 Å². The SMILES string of the molecule is O=C(CCNC(=O)c1ccccc1F)NC1CCOC1. The zero-order valence-corrected chi connectivity index (χ0v) is 11.0. The Morgan fingerprint density at radius 2 is 2.15 bits per heavy atom. The Bertz CT molecular complexity index is 487. The van der Waals surface area contributed by atoms with Crippen LogP contribution in [0.4, 0.5) is 4.39 Å². The first-order chi connectivity index (χ1) is 9.66. The molecule has 2 rings (SSSR count). The maximum Gasteiger partial charge on any atom is 0.254 e. The van der Waals surface area contributed by atoms with Gasteiger partial charge >= 0.3 is 0 Å². The minimum absolute atomic E-state index is 0.0166. The topological polar surface area (TPSA) is 67.4 Å². The number of hydrogen-bond acceptors (Lipinski definition) is 3. The summed E-state index contributed by atoms with van der Waals surface area (Å²) in [5.74, 6) is -1.23. The van der Waals surface area contributed by atoms with Gasteiger partial charge in [-0.3, -0.25) is 9.59 Å². The quantitative estimate of drug-likeness (QED) is 0.840. The first-order valence-electron chi connectivity index (χ1n) is 6.56. The van der Waals surface area contributed by atoms with Gasteiger partial charge in [-0.1, -0.05) is 12.1 Å². The molecule has 1 aliphatic rings. The highest BCUT2D eigenvalue weighted by atomic mass is 19.1. The van der Waals surface area contributed by atoms with Crippen LogP contribution in [0.2, 0.25) is 0 Å². The van der Waals surface area contributed by atoms with Crippen molar-refractivity contribution in [3.05, 3.63) is 35.6 Å². The fourth-order valence-electron chi connectivity index (χ4n) is 1.98. The minimum atomic E-state index is -0.572. The lowest BCUT2D eigenvalue weighted by atomic mass is 10.2. The highest BCUT2D eigenvalue weighted by Gasteiger charge is 2.17. The zero-order valence-electron chi connectivity index (χ0n) is 11.0. The predicted molar refractivity (Wildman–Crippen MR) is 70.7 cm³/mol. The summed E-state index contributed by atoms with van der Waals surface area (Å²) in [5.41, 5.74) is -0.0166. The molecule has 1 heterocycles. The Hall–Kier alpha value is -1.95. The summed E-state index contributed by atoms with van der Waals surface area (Å²) >= 11 is 0. The molecule has 1 saturated heterocycles. The molecule has 0 bridgehead atoms. The highest BCUT2D eigenvalue weighted by molar-refractivity contribution is 5.94. The van der Waals surface area contributed by atoms with E-state index in [1.807, 2.05) is 0 Å². The lowest BCUT2D eigenvalue weighted by Gasteiger charge is -2.11. The third-order valence-corrected chi connectivity index (χ3v) is 3.05. The van der Waals surface area contributed by atoms with Crippen LogP contribution < -0.4 is 10.6 Å². The number of amides is 2. The molecular formula is C14H17FN2O3. The third kappa shape index (κ3) is 4.03. The molecule has 0 aromatic heterocycles. The first-order valence-corrected chi connectivity index (χ1v) is 6.56. The van der Waals surface area contributed by atoms with E-state index in [2.05, 4.69) is 10.6 Å². The van der Waals surface area contributed by atoms with Gasteiger partial charge in [-0.25, -0.2) is 4.39 Å². The molecule has 1 unspecified atom stereocenters. The molecule has 0 saturated carbocycles. The van der Waals surface area contributed by atoms with Crippen LogP contribution in [0.3, 0.4) is 0 Å². The Balaban J connectivity index is 1.71. The van der Waals surface area contributed by atoms with Gasteiger partial charge < -0.3 is 15.4 Å². The zero-order chi connectivity index (χ0) is 14.4. The molecule has 1 aliphatic heterocycles. The van der Waals surface area contributed by atoms with Gasteiger partial charge in [0, 0.05) is 19.6 Å². The number of carbonyl (C=O) groups excluding carboxylic acids is 2. The fraction of sp³-hybridized carbons (Fsp3) is 0.429. The van der Waals surface area contributed by atoms with Crippen molar-refractivity contribution in [2.24, 2.45) is 0 Å². The Morgan fingerprint density at radius 3 is 2.85 bits per heavy atom. The van der Waals surface area contributed by atoms with Crippen molar-refractivity contribution in [3.8, 4) is 0 Å². The molecule has 0 spiro atoms. The molecule has 2 N–H and O–H groups in total. The number of ether oxygens (including phenoxy) is 1. The Kier molecular flexibility index (Phi) is 5.06. The summed E-state index contributed by atoms with van der Waals surface area (Å²) in [4.78, 5) is 23.3. The maximum absolute atomic E-state index is 13.3. The standard InChI is InChI=1S/C14H17FN2O3/c15-12-4-2-1-3-11(12)14(19)16-7-5-13(18)17-10-6-8-20-9-10/h1-4,10H,5-9H2,(H,16,19)(H,17,18). The van der Waals surface area contributed by atoms with Crippen LogP contribution >= 0.6 is 0 Å². The van der Waals surface area contributed by atoms with E-state index in [0.29, 0.717) is 13.2 Å². The smallest absolute Gasteiger partial charge is 0.254 e. The largest absolute Gasteiger partial charge is 0.379 e. The number of halogens is 1. The second-order valence-corrected chi connectivity index (χ2v) is 4.61. The van der Waals surface area contributed by atoms with Crippen LogP contribution in [0.25, 0.3) is 0 Å². The number of rotatable bonds is 5. The molecule has 2 amide bonds. The minimum Gasteiger partial charge on any atom is -0.379 e. The molecule has 20 heavy (non-hydrogen) atoms. The fourth-order valence-corrected chi connectivity index (χ4v) is 1.98. The van der Waals surface area contributed by atoms with E-state index in [0.717, 1.165) is 6.42 Å². The maximum atomic E-state index is 13.3. The van der Waals surface area contributed by atoms with Crippen LogP contribution in [-0.4, -0.2) is 37.6 Å². The number of benzene rings is 1. The van der Waals surface area contributed by atoms with Gasteiger partial charge in [0.1, 0.15) is 5.82 Å². The van der Waals surface area contributed by atoms with Gasteiger partial charge in [0.05, 0.1) is 18.2 Å². The molecule has 6 heteroatoms. The summed E-state index contributed by atoms with van der Waals surface area (Å²) in [6, 6.07) is 5.79. The van der Waals surface area contributed by atoms with Gasteiger partial charge in [0.15, 0.2) is 0 Å². The van der Waals surface area contributed by atoms with Crippen LogP contribution in [0.5, 0.6) is 0 Å². The van der Waals surface area contributed by atoms with Crippen LogP contribution in [-0.2, 0) is 9.53 Å². The van der Waals surface area contributed by atoms with Crippen molar-refractivity contribution in [2.45, 2.75) is 18.9 Å². The molecule has 1 atom stereocenters. The van der Waals surface area contributed by atoms with Crippen LogP contribution in [0.15, 0.2) is 24.3 Å². The number of carbonyl (C=O) groups is 2. The van der Waals surface area contributed by atoms with Crippen LogP contribution in [0.1, 0.15) is 23.2 Å². The second-order valence-electron chi connectivity index (χ2n) is 4.61. The van der Waals surface area contributed by atoms with E-state index in [1.54, 1.807) is 6.07 Å². The highest BCUT2D eigenvalue weighted by Crippen LogP contribution is 2.06. The average molecular weight is 280 g/mol. The van der Waals surface area contributed by atoms with E-state index in [9.17, 15) is 14.0 Å². The average Bonchev–Trinajstić information content (AvgIpc) is 2.92. The summed E-state index contributed by atoms with van der Waals surface area (Å²) in [5, 5.41) is 5.34. The second kappa shape index (κ2) is 7.00. The number of nitrogens with one attached hydrogen (secondary N) is 2. The van der Waals surface area contributed by atoms with Gasteiger partial charge in [0.25, 0.3) is 5.91 Å². The summed E-state index contributed by atoms with van der Waals surface area (Å²) in [7, 11) is 0. The van der Waals surface area contributed by atoms with E-state index >= 15 is 0 Å². The molecule has 1 fully saturated rings. The lowest BCUT2D eigenvalue weighted by Crippen LogP contribution is -2.37. The summed E-state index contributed by atoms with van der Waals surface area (Å²) in [6.07, 6.45) is 0.976. The molecule has 0 aliphatic carbocycles. The van der Waals surface area contributed by atoms with Gasteiger partial charge in [0.2, 0.25) is 5.91 Å². The normalized spacial score (nSPS) is 17.8. The molecule has 0 radical (unpaired) electrons. The van der Waals surface area contributed by atoms with Gasteiger partial charge in [-0.2, -0.15) is 0 Å². The van der Waals surface area contributed by atoms with Gasteiger partial charge in [-0.05, 0) is 18.6 Å². The van der Waals surface area contributed by atoms with Crippen molar-refractivity contribution < 1.29 is 18.7 Å². The monoisotopic (exact) mass is 280 g/mol. The summed E-state index contributed by atoms with van der Waals surface area (Å²) < 4.78 is 18.5. The predicted octanol–water partition coefficient (Wildman–Crippen LogP) is 0.851. The molecule has 5 nitrogen and oxygen atoms in total. The Morgan fingerprint density at radius 1 is 1.35 bits per heavy atom. The van der Waals surface area contributed by atoms with E-state index in [4.69, 9.17) is 4.74 Å². The van der Waals surface area contributed by atoms with Crippen molar-refractivity contribution in [1.29, 1.82) is 0 Å². The van der Waals surface area contributed by atoms with Crippen molar-refractivity contribution in [2.75, 3.05) is 19.8 Å². The molecular weight excluding hydrogens is 263 g/mol. The van der Waals surface area contributed by atoms with E-state index in [1.165, 1.54) is 18.2 Å². The molecule has 1 aromatic carbocycles. The lowest BCUT2D eigenvalue weighted by molar-refractivity contribution is -0.121. The summed E-state index contributed by atoms with van der Waals surface area (Å²) in [6.45, 7) is 1.37. The van der Waals surface area contributed by atoms with E-state index in [-0.39, 0.29) is 30.5 Å². The Labute approximate surface area is 116 Å².